The Bertz CT molecular complexity index is 482. The Morgan fingerprint density at radius 3 is 1.26 bits per heavy atom. The van der Waals surface area contributed by atoms with Crippen molar-refractivity contribution in [2.45, 2.75) is 137 Å². The summed E-state index contributed by atoms with van der Waals surface area (Å²) in [5.74, 6) is -0.639. The molecule has 0 aromatic heterocycles. The highest BCUT2D eigenvalue weighted by atomic mass is 16.5. The van der Waals surface area contributed by atoms with E-state index in [1.165, 1.54) is 51.4 Å². The van der Waals surface area contributed by atoms with E-state index in [0.717, 1.165) is 44.9 Å². The third kappa shape index (κ3) is 16.0. The molecule has 0 unspecified atom stereocenters. The van der Waals surface area contributed by atoms with Crippen molar-refractivity contribution < 1.29 is 19.1 Å². The standard InChI is InChI=1S/C27H50O4/c1-5-9-12-14-16-18-22-30-26(28)24(20-8-4)25(21-11-7-3)27(29)31-23-19-17-15-13-10-6-2/h5-23H2,1-4H3/b25-24-. The summed E-state index contributed by atoms with van der Waals surface area (Å²) in [4.78, 5) is 25.6. The van der Waals surface area contributed by atoms with Gasteiger partial charge in [-0.15, -0.1) is 0 Å². The van der Waals surface area contributed by atoms with Crippen LogP contribution in [0.25, 0.3) is 0 Å². The summed E-state index contributed by atoms with van der Waals surface area (Å²) in [5, 5.41) is 0. The second-order valence-corrected chi connectivity index (χ2v) is 8.62. The van der Waals surface area contributed by atoms with Crippen LogP contribution in [0.5, 0.6) is 0 Å². The Morgan fingerprint density at radius 2 is 0.839 bits per heavy atom. The lowest BCUT2D eigenvalue weighted by atomic mass is 9.99. The molecule has 0 bridgehead atoms. The number of rotatable bonds is 21. The van der Waals surface area contributed by atoms with Crippen LogP contribution < -0.4 is 0 Å². The van der Waals surface area contributed by atoms with Crippen LogP contribution in [-0.2, 0) is 19.1 Å². The van der Waals surface area contributed by atoms with Crippen molar-refractivity contribution in [1.82, 2.24) is 0 Å². The average Bonchev–Trinajstić information content (AvgIpc) is 2.77. The van der Waals surface area contributed by atoms with Crippen molar-refractivity contribution >= 4 is 11.9 Å². The molecule has 0 heterocycles. The van der Waals surface area contributed by atoms with Gasteiger partial charge in [-0.1, -0.05) is 105 Å². The van der Waals surface area contributed by atoms with E-state index < -0.39 is 0 Å². The molecule has 0 saturated carbocycles. The summed E-state index contributed by atoms with van der Waals surface area (Å²) in [5.41, 5.74) is 1.08. The molecule has 0 aromatic rings. The van der Waals surface area contributed by atoms with Crippen molar-refractivity contribution in [3.05, 3.63) is 11.1 Å². The first-order valence-electron chi connectivity index (χ1n) is 13.2. The molecule has 0 aromatic carbocycles. The molecule has 0 rings (SSSR count). The minimum absolute atomic E-state index is 0.318. The summed E-state index contributed by atoms with van der Waals surface area (Å²) in [7, 11) is 0. The number of hydrogen-bond donors (Lipinski definition) is 0. The second kappa shape index (κ2) is 21.9. The first-order valence-corrected chi connectivity index (χ1v) is 13.2. The molecular formula is C27H50O4. The SMILES string of the molecule is CCCCCCCCOC(=O)/C(CCC)=C(/CCCC)C(=O)OCCCCCCCC. The average molecular weight is 439 g/mol. The van der Waals surface area contributed by atoms with Crippen LogP contribution in [0.4, 0.5) is 0 Å². The van der Waals surface area contributed by atoms with Gasteiger partial charge in [-0.25, -0.2) is 9.59 Å². The van der Waals surface area contributed by atoms with E-state index in [-0.39, 0.29) is 11.9 Å². The molecule has 0 aliphatic heterocycles. The van der Waals surface area contributed by atoms with E-state index in [9.17, 15) is 9.59 Å². The molecule has 0 atom stereocenters. The molecule has 0 amide bonds. The van der Waals surface area contributed by atoms with E-state index in [2.05, 4.69) is 20.8 Å². The van der Waals surface area contributed by atoms with E-state index in [1.54, 1.807) is 0 Å². The maximum absolute atomic E-state index is 12.8. The first-order chi connectivity index (χ1) is 15.1. The molecule has 31 heavy (non-hydrogen) atoms. The molecule has 0 aliphatic rings. The van der Waals surface area contributed by atoms with Crippen LogP contribution in [0, 0.1) is 0 Å². The monoisotopic (exact) mass is 438 g/mol. The molecule has 182 valence electrons. The largest absolute Gasteiger partial charge is 0.462 e. The maximum Gasteiger partial charge on any atom is 0.334 e. The van der Waals surface area contributed by atoms with Crippen molar-refractivity contribution in [3.8, 4) is 0 Å². The molecule has 4 nitrogen and oxygen atoms in total. The van der Waals surface area contributed by atoms with Crippen molar-refractivity contribution in [1.29, 1.82) is 0 Å². The summed E-state index contributed by atoms with van der Waals surface area (Å²) < 4.78 is 11.1. The topological polar surface area (TPSA) is 52.6 Å². The fourth-order valence-corrected chi connectivity index (χ4v) is 3.62. The van der Waals surface area contributed by atoms with Gasteiger partial charge in [-0.05, 0) is 32.1 Å². The second-order valence-electron chi connectivity index (χ2n) is 8.62. The molecule has 0 radical (unpaired) electrons. The Balaban J connectivity index is 4.75. The lowest BCUT2D eigenvalue weighted by molar-refractivity contribution is -0.142. The predicted molar refractivity (Wildman–Crippen MR) is 130 cm³/mol. The summed E-state index contributed by atoms with van der Waals surface area (Å²) in [6.07, 6.45) is 17.6. The molecule has 0 fully saturated rings. The van der Waals surface area contributed by atoms with Crippen LogP contribution in [0.1, 0.15) is 137 Å². The van der Waals surface area contributed by atoms with Gasteiger partial charge in [0.25, 0.3) is 0 Å². The molecule has 4 heteroatoms. The smallest absolute Gasteiger partial charge is 0.334 e. The number of ether oxygens (including phenoxy) is 2. The van der Waals surface area contributed by atoms with E-state index in [0.29, 0.717) is 37.2 Å². The van der Waals surface area contributed by atoms with Gasteiger partial charge >= 0.3 is 11.9 Å². The number of carbonyl (C=O) groups is 2. The quantitative estimate of drug-likeness (QED) is 0.103. The van der Waals surface area contributed by atoms with Gasteiger partial charge in [0.15, 0.2) is 0 Å². The van der Waals surface area contributed by atoms with Crippen molar-refractivity contribution in [2.24, 2.45) is 0 Å². The summed E-state index contributed by atoms with van der Waals surface area (Å²) >= 11 is 0. The highest BCUT2D eigenvalue weighted by molar-refractivity contribution is 6.00. The van der Waals surface area contributed by atoms with Gasteiger partial charge in [0, 0.05) is 11.1 Å². The Labute approximate surface area is 192 Å². The number of hydrogen-bond acceptors (Lipinski definition) is 4. The van der Waals surface area contributed by atoms with Crippen molar-refractivity contribution in [3.63, 3.8) is 0 Å². The highest BCUT2D eigenvalue weighted by Crippen LogP contribution is 2.21. The number of esters is 2. The lowest BCUT2D eigenvalue weighted by Crippen LogP contribution is -2.18. The number of carbonyl (C=O) groups excluding carboxylic acids is 2. The van der Waals surface area contributed by atoms with E-state index in [1.807, 2.05) is 6.92 Å². The fourth-order valence-electron chi connectivity index (χ4n) is 3.62. The Morgan fingerprint density at radius 1 is 0.452 bits per heavy atom. The van der Waals surface area contributed by atoms with Gasteiger partial charge in [0.05, 0.1) is 13.2 Å². The zero-order valence-electron chi connectivity index (χ0n) is 21.1. The van der Waals surface area contributed by atoms with Gasteiger partial charge in [-0.3, -0.25) is 0 Å². The van der Waals surface area contributed by atoms with Gasteiger partial charge in [0.2, 0.25) is 0 Å². The minimum atomic E-state index is -0.321. The van der Waals surface area contributed by atoms with Crippen LogP contribution in [0.2, 0.25) is 0 Å². The minimum Gasteiger partial charge on any atom is -0.462 e. The van der Waals surface area contributed by atoms with Crippen LogP contribution >= 0.6 is 0 Å². The maximum atomic E-state index is 12.8. The third-order valence-corrected chi connectivity index (χ3v) is 5.60. The Hall–Kier alpha value is -1.32. The first kappa shape index (κ1) is 29.7. The third-order valence-electron chi connectivity index (χ3n) is 5.60. The normalized spacial score (nSPS) is 11.9. The molecule has 0 saturated heterocycles. The predicted octanol–water partition coefficient (Wildman–Crippen LogP) is 8.08. The van der Waals surface area contributed by atoms with Crippen LogP contribution in [0.15, 0.2) is 11.1 Å². The highest BCUT2D eigenvalue weighted by Gasteiger charge is 2.22. The molecule has 0 aliphatic carbocycles. The van der Waals surface area contributed by atoms with Crippen molar-refractivity contribution in [2.75, 3.05) is 13.2 Å². The summed E-state index contributed by atoms with van der Waals surface area (Å²) in [6, 6.07) is 0. The Kier molecular flexibility index (Phi) is 21.0. The van der Waals surface area contributed by atoms with Crippen LogP contribution in [0.3, 0.4) is 0 Å². The van der Waals surface area contributed by atoms with Gasteiger partial charge in [0.1, 0.15) is 0 Å². The molecule has 0 spiro atoms. The zero-order valence-corrected chi connectivity index (χ0v) is 21.1. The van der Waals surface area contributed by atoms with Crippen LogP contribution in [-0.4, -0.2) is 25.2 Å². The van der Waals surface area contributed by atoms with E-state index in [4.69, 9.17) is 9.47 Å². The molecular weight excluding hydrogens is 388 g/mol. The fraction of sp³-hybridized carbons (Fsp3) is 0.852. The lowest BCUT2D eigenvalue weighted by Gasteiger charge is -2.14. The van der Waals surface area contributed by atoms with Gasteiger partial charge < -0.3 is 9.47 Å². The van der Waals surface area contributed by atoms with Gasteiger partial charge in [-0.2, -0.15) is 0 Å². The number of unbranched alkanes of at least 4 members (excludes halogenated alkanes) is 11. The molecule has 0 N–H and O–H groups in total. The summed E-state index contributed by atoms with van der Waals surface area (Å²) in [6.45, 7) is 9.41. The zero-order chi connectivity index (χ0) is 23.2. The van der Waals surface area contributed by atoms with E-state index >= 15 is 0 Å².